The van der Waals surface area contributed by atoms with Crippen LogP contribution in [-0.4, -0.2) is 45.8 Å². The van der Waals surface area contributed by atoms with E-state index in [1.54, 1.807) is 41.3 Å². The molecule has 1 aliphatic rings. The number of ether oxygens (including phenoxy) is 4. The molecule has 0 aliphatic carbocycles. The molecule has 1 N–H and O–H groups in total. The number of benzene rings is 3. The molecule has 0 saturated heterocycles. The van der Waals surface area contributed by atoms with Crippen LogP contribution in [0, 0.1) is 0 Å². The lowest BCUT2D eigenvalue weighted by Gasteiger charge is -2.29. The standard InChI is InChI=1S/C26H26N2O6/c1-31-22-12-9-18(15-24(22)32-2)26(30)27-19-10-11-21-23(16-19)34-17-25(29)28(21)13-6-14-33-20-7-4-3-5-8-20/h3-5,7-12,15-16H,6,13-14,17H2,1-2H3,(H,27,30). The summed E-state index contributed by atoms with van der Waals surface area (Å²) in [4.78, 5) is 26.9. The predicted molar refractivity (Wildman–Crippen MR) is 128 cm³/mol. The second-order valence-electron chi connectivity index (χ2n) is 7.56. The van der Waals surface area contributed by atoms with E-state index in [-0.39, 0.29) is 18.4 Å². The normalized spacial score (nSPS) is 12.4. The van der Waals surface area contributed by atoms with Crippen LogP contribution in [-0.2, 0) is 4.79 Å². The number of methoxy groups -OCH3 is 2. The molecule has 3 aromatic rings. The van der Waals surface area contributed by atoms with Gasteiger partial charge in [0.15, 0.2) is 18.1 Å². The van der Waals surface area contributed by atoms with Gasteiger partial charge in [-0.25, -0.2) is 0 Å². The molecular weight excluding hydrogens is 436 g/mol. The summed E-state index contributed by atoms with van der Waals surface area (Å²) >= 11 is 0. The van der Waals surface area contributed by atoms with Crippen molar-refractivity contribution in [2.45, 2.75) is 6.42 Å². The van der Waals surface area contributed by atoms with E-state index in [4.69, 9.17) is 18.9 Å². The van der Waals surface area contributed by atoms with Crippen molar-refractivity contribution in [3.8, 4) is 23.0 Å². The monoisotopic (exact) mass is 462 g/mol. The highest BCUT2D eigenvalue weighted by Gasteiger charge is 2.25. The summed E-state index contributed by atoms with van der Waals surface area (Å²) < 4.78 is 21.8. The molecule has 0 radical (unpaired) electrons. The van der Waals surface area contributed by atoms with Crippen molar-refractivity contribution in [3.63, 3.8) is 0 Å². The van der Waals surface area contributed by atoms with E-state index < -0.39 is 0 Å². The third-order valence-electron chi connectivity index (χ3n) is 5.34. The Morgan fingerprint density at radius 1 is 1.00 bits per heavy atom. The second-order valence-corrected chi connectivity index (χ2v) is 7.56. The Bertz CT molecular complexity index is 1170. The van der Waals surface area contributed by atoms with Gasteiger partial charge in [0.1, 0.15) is 11.5 Å². The fraction of sp³-hybridized carbons (Fsp3) is 0.231. The summed E-state index contributed by atoms with van der Waals surface area (Å²) in [6.45, 7) is 0.933. The number of nitrogens with zero attached hydrogens (tertiary/aromatic N) is 1. The van der Waals surface area contributed by atoms with E-state index in [0.717, 1.165) is 5.75 Å². The van der Waals surface area contributed by atoms with Crippen molar-refractivity contribution < 1.29 is 28.5 Å². The molecule has 0 aromatic heterocycles. The second kappa shape index (κ2) is 10.6. The van der Waals surface area contributed by atoms with Crippen molar-refractivity contribution in [1.82, 2.24) is 0 Å². The van der Waals surface area contributed by atoms with Crippen molar-refractivity contribution in [2.24, 2.45) is 0 Å². The van der Waals surface area contributed by atoms with Gasteiger partial charge in [-0.3, -0.25) is 9.59 Å². The van der Waals surface area contributed by atoms with Gasteiger partial charge in [0.05, 0.1) is 26.5 Å². The number of fused-ring (bicyclic) bond motifs is 1. The molecule has 2 amide bonds. The SMILES string of the molecule is COc1ccc(C(=O)Nc2ccc3c(c2)OCC(=O)N3CCCOc2ccccc2)cc1OC. The molecule has 0 bridgehead atoms. The van der Waals surface area contributed by atoms with Gasteiger partial charge in [-0.05, 0) is 48.9 Å². The van der Waals surface area contributed by atoms with Crippen LogP contribution in [0.4, 0.5) is 11.4 Å². The Morgan fingerprint density at radius 2 is 1.79 bits per heavy atom. The van der Waals surface area contributed by atoms with Crippen molar-refractivity contribution in [2.75, 3.05) is 44.2 Å². The summed E-state index contributed by atoms with van der Waals surface area (Å²) in [6.07, 6.45) is 0.665. The highest BCUT2D eigenvalue weighted by Crippen LogP contribution is 2.35. The first-order valence-electron chi connectivity index (χ1n) is 10.9. The molecule has 0 unspecified atom stereocenters. The van der Waals surface area contributed by atoms with Crippen molar-refractivity contribution in [3.05, 3.63) is 72.3 Å². The van der Waals surface area contributed by atoms with Crippen molar-refractivity contribution >= 4 is 23.2 Å². The predicted octanol–water partition coefficient (Wildman–Crippen LogP) is 4.15. The van der Waals surface area contributed by atoms with Crippen LogP contribution >= 0.6 is 0 Å². The molecule has 176 valence electrons. The minimum atomic E-state index is -0.303. The number of para-hydroxylation sites is 1. The maximum atomic E-state index is 12.7. The van der Waals surface area contributed by atoms with Gasteiger partial charge in [-0.1, -0.05) is 18.2 Å². The fourth-order valence-electron chi connectivity index (χ4n) is 3.64. The Hall–Kier alpha value is -4.20. The Balaban J connectivity index is 1.41. The molecule has 0 spiro atoms. The molecule has 8 nitrogen and oxygen atoms in total. The number of hydrogen-bond acceptors (Lipinski definition) is 6. The number of nitrogens with one attached hydrogen (secondary N) is 1. The number of amides is 2. The van der Waals surface area contributed by atoms with Crippen LogP contribution in [0.25, 0.3) is 0 Å². The lowest BCUT2D eigenvalue weighted by atomic mass is 10.1. The number of carbonyl (C=O) groups excluding carboxylic acids is 2. The molecule has 0 fully saturated rings. The first-order chi connectivity index (χ1) is 16.6. The first-order valence-corrected chi connectivity index (χ1v) is 10.9. The van der Waals surface area contributed by atoms with Crippen LogP contribution in [0.15, 0.2) is 66.7 Å². The molecular formula is C26H26N2O6. The maximum absolute atomic E-state index is 12.7. The average molecular weight is 463 g/mol. The third-order valence-corrected chi connectivity index (χ3v) is 5.34. The van der Waals surface area contributed by atoms with Crippen LogP contribution < -0.4 is 29.2 Å². The summed E-state index contributed by atoms with van der Waals surface area (Å²) in [5, 5.41) is 2.85. The summed E-state index contributed by atoms with van der Waals surface area (Å²) in [5.41, 5.74) is 1.65. The van der Waals surface area contributed by atoms with Gasteiger partial charge in [0, 0.05) is 23.9 Å². The fourth-order valence-corrected chi connectivity index (χ4v) is 3.64. The van der Waals surface area contributed by atoms with E-state index in [1.807, 2.05) is 30.3 Å². The quantitative estimate of drug-likeness (QED) is 0.481. The molecule has 0 atom stereocenters. The minimum Gasteiger partial charge on any atom is -0.494 e. The lowest BCUT2D eigenvalue weighted by molar-refractivity contribution is -0.121. The van der Waals surface area contributed by atoms with Gasteiger partial charge in [0.25, 0.3) is 11.8 Å². The van der Waals surface area contributed by atoms with Gasteiger partial charge in [-0.2, -0.15) is 0 Å². The third kappa shape index (κ3) is 5.23. The maximum Gasteiger partial charge on any atom is 0.265 e. The summed E-state index contributed by atoms with van der Waals surface area (Å²) in [5.74, 6) is 1.92. The Kier molecular flexibility index (Phi) is 7.17. The molecule has 0 saturated carbocycles. The van der Waals surface area contributed by atoms with Crippen molar-refractivity contribution in [1.29, 1.82) is 0 Å². The number of rotatable bonds is 9. The van der Waals surface area contributed by atoms with E-state index in [1.165, 1.54) is 14.2 Å². The van der Waals surface area contributed by atoms with Crippen LogP contribution in [0.2, 0.25) is 0 Å². The first kappa shape index (κ1) is 23.0. The van der Waals surface area contributed by atoms with Crippen LogP contribution in [0.3, 0.4) is 0 Å². The molecule has 8 heteroatoms. The smallest absolute Gasteiger partial charge is 0.265 e. The minimum absolute atomic E-state index is 0.0559. The van der Waals surface area contributed by atoms with E-state index in [2.05, 4.69) is 5.32 Å². The largest absolute Gasteiger partial charge is 0.494 e. The van der Waals surface area contributed by atoms with Gasteiger partial charge in [-0.15, -0.1) is 0 Å². The average Bonchev–Trinajstić information content (AvgIpc) is 2.87. The van der Waals surface area contributed by atoms with Gasteiger partial charge >= 0.3 is 0 Å². The molecule has 1 heterocycles. The number of anilines is 2. The zero-order valence-corrected chi connectivity index (χ0v) is 19.1. The van der Waals surface area contributed by atoms with E-state index in [9.17, 15) is 9.59 Å². The lowest BCUT2D eigenvalue weighted by Crippen LogP contribution is -2.39. The Labute approximate surface area is 198 Å². The zero-order chi connectivity index (χ0) is 23.9. The molecule has 4 rings (SSSR count). The number of hydrogen-bond donors (Lipinski definition) is 1. The highest BCUT2D eigenvalue weighted by molar-refractivity contribution is 6.05. The van der Waals surface area contributed by atoms with Gasteiger partial charge in [0.2, 0.25) is 0 Å². The van der Waals surface area contributed by atoms with Crippen LogP contribution in [0.5, 0.6) is 23.0 Å². The molecule has 3 aromatic carbocycles. The van der Waals surface area contributed by atoms with Gasteiger partial charge < -0.3 is 29.2 Å². The molecule has 34 heavy (non-hydrogen) atoms. The molecule has 1 aliphatic heterocycles. The summed E-state index contributed by atoms with van der Waals surface area (Å²) in [6, 6.07) is 19.7. The van der Waals surface area contributed by atoms with E-state index in [0.29, 0.717) is 53.8 Å². The van der Waals surface area contributed by atoms with Crippen LogP contribution in [0.1, 0.15) is 16.8 Å². The highest BCUT2D eigenvalue weighted by atomic mass is 16.5. The Morgan fingerprint density at radius 3 is 2.56 bits per heavy atom. The number of carbonyl (C=O) groups is 2. The van der Waals surface area contributed by atoms with E-state index >= 15 is 0 Å². The summed E-state index contributed by atoms with van der Waals surface area (Å²) in [7, 11) is 3.05. The topological polar surface area (TPSA) is 86.3 Å². The zero-order valence-electron chi connectivity index (χ0n) is 19.1.